The molecule has 1 rings (SSSR count). The summed E-state index contributed by atoms with van der Waals surface area (Å²) in [4.78, 5) is 11.6. The number of esters is 1. The third kappa shape index (κ3) is 3.22. The molecule has 1 aromatic rings. The van der Waals surface area contributed by atoms with Crippen molar-refractivity contribution in [3.05, 3.63) is 29.6 Å². The van der Waals surface area contributed by atoms with Gasteiger partial charge in [-0.2, -0.15) is 0 Å². The van der Waals surface area contributed by atoms with Crippen LogP contribution in [0.4, 0.5) is 10.1 Å². The molecule has 0 aliphatic carbocycles. The molecule has 1 atom stereocenters. The normalized spacial score (nSPS) is 12.2. The van der Waals surface area contributed by atoms with Crippen molar-refractivity contribution < 1.29 is 13.9 Å². The first-order valence-electron chi connectivity index (χ1n) is 5.30. The lowest BCUT2D eigenvalue weighted by Crippen LogP contribution is -2.15. The maximum Gasteiger partial charge on any atom is 0.338 e. The topological polar surface area (TPSA) is 52.3 Å². The molecule has 0 aromatic heterocycles. The Labute approximate surface area is 94.4 Å². The van der Waals surface area contributed by atoms with Gasteiger partial charge in [0.2, 0.25) is 0 Å². The molecule has 0 fully saturated rings. The largest absolute Gasteiger partial charge is 0.459 e. The first-order valence-corrected chi connectivity index (χ1v) is 5.30. The predicted octanol–water partition coefficient (Wildman–Crippen LogP) is 2.75. The van der Waals surface area contributed by atoms with Gasteiger partial charge in [0, 0.05) is 0 Å². The van der Waals surface area contributed by atoms with Gasteiger partial charge in [0.05, 0.1) is 17.4 Å². The third-order valence-corrected chi connectivity index (χ3v) is 2.24. The Morgan fingerprint density at radius 2 is 2.25 bits per heavy atom. The monoisotopic (exact) mass is 225 g/mol. The molecule has 3 nitrogen and oxygen atoms in total. The zero-order valence-corrected chi connectivity index (χ0v) is 9.50. The zero-order chi connectivity index (χ0) is 12.1. The van der Waals surface area contributed by atoms with E-state index in [0.29, 0.717) is 0 Å². The SMILES string of the molecule is CCCC(C)OC(=O)c1ccc(F)c(N)c1. The highest BCUT2D eigenvalue weighted by Gasteiger charge is 2.12. The summed E-state index contributed by atoms with van der Waals surface area (Å²) in [6.45, 7) is 3.84. The Morgan fingerprint density at radius 3 is 2.81 bits per heavy atom. The molecule has 0 saturated heterocycles. The minimum Gasteiger partial charge on any atom is -0.459 e. The number of rotatable bonds is 4. The fourth-order valence-electron chi connectivity index (χ4n) is 1.39. The molecule has 0 saturated carbocycles. The fourth-order valence-corrected chi connectivity index (χ4v) is 1.39. The number of hydrogen-bond donors (Lipinski definition) is 1. The van der Waals surface area contributed by atoms with Gasteiger partial charge in [-0.05, 0) is 31.5 Å². The summed E-state index contributed by atoms with van der Waals surface area (Å²) in [6, 6.07) is 3.82. The molecule has 2 N–H and O–H groups in total. The van der Waals surface area contributed by atoms with Gasteiger partial charge in [0.15, 0.2) is 0 Å². The van der Waals surface area contributed by atoms with Crippen molar-refractivity contribution in [2.75, 3.05) is 5.73 Å². The molecule has 88 valence electrons. The second-order valence-corrected chi connectivity index (χ2v) is 3.74. The number of hydrogen-bond acceptors (Lipinski definition) is 3. The first kappa shape index (κ1) is 12.5. The molecular weight excluding hydrogens is 209 g/mol. The van der Waals surface area contributed by atoms with Crippen molar-refractivity contribution >= 4 is 11.7 Å². The van der Waals surface area contributed by atoms with Crippen LogP contribution < -0.4 is 5.73 Å². The quantitative estimate of drug-likeness (QED) is 0.633. The molecule has 0 heterocycles. The lowest BCUT2D eigenvalue weighted by atomic mass is 10.2. The smallest absolute Gasteiger partial charge is 0.338 e. The van der Waals surface area contributed by atoms with E-state index in [1.54, 1.807) is 0 Å². The molecular formula is C12H16FNO2. The van der Waals surface area contributed by atoms with E-state index >= 15 is 0 Å². The minimum absolute atomic E-state index is 0.0439. The average Bonchev–Trinajstić information content (AvgIpc) is 2.22. The maximum atomic E-state index is 12.9. The van der Waals surface area contributed by atoms with Crippen molar-refractivity contribution in [2.45, 2.75) is 32.8 Å². The van der Waals surface area contributed by atoms with Crippen LogP contribution in [0.15, 0.2) is 18.2 Å². The van der Waals surface area contributed by atoms with E-state index < -0.39 is 11.8 Å². The van der Waals surface area contributed by atoms with Gasteiger partial charge < -0.3 is 10.5 Å². The van der Waals surface area contributed by atoms with Crippen molar-refractivity contribution in [1.29, 1.82) is 0 Å². The predicted molar refractivity (Wildman–Crippen MR) is 60.6 cm³/mol. The number of carbonyl (C=O) groups is 1. The van der Waals surface area contributed by atoms with E-state index in [0.717, 1.165) is 18.9 Å². The van der Waals surface area contributed by atoms with Gasteiger partial charge in [-0.15, -0.1) is 0 Å². The molecule has 0 bridgehead atoms. The van der Waals surface area contributed by atoms with E-state index in [4.69, 9.17) is 10.5 Å². The highest BCUT2D eigenvalue weighted by atomic mass is 19.1. The van der Waals surface area contributed by atoms with Gasteiger partial charge in [-0.3, -0.25) is 0 Å². The van der Waals surface area contributed by atoms with Crippen LogP contribution in [-0.2, 0) is 4.74 Å². The molecule has 16 heavy (non-hydrogen) atoms. The number of benzene rings is 1. The van der Waals surface area contributed by atoms with E-state index in [-0.39, 0.29) is 17.4 Å². The van der Waals surface area contributed by atoms with Crippen LogP contribution in [0.2, 0.25) is 0 Å². The Balaban J connectivity index is 2.69. The van der Waals surface area contributed by atoms with E-state index in [2.05, 4.69) is 0 Å². The van der Waals surface area contributed by atoms with Gasteiger partial charge in [0.25, 0.3) is 0 Å². The molecule has 1 aromatic carbocycles. The Kier molecular flexibility index (Phi) is 4.28. The molecule has 0 spiro atoms. The van der Waals surface area contributed by atoms with Crippen LogP contribution in [0.1, 0.15) is 37.0 Å². The van der Waals surface area contributed by atoms with Crippen LogP contribution in [0.3, 0.4) is 0 Å². The van der Waals surface area contributed by atoms with Gasteiger partial charge in [-0.25, -0.2) is 9.18 Å². The van der Waals surface area contributed by atoms with Crippen molar-refractivity contribution in [3.8, 4) is 0 Å². The highest BCUT2D eigenvalue weighted by Crippen LogP contribution is 2.14. The number of anilines is 1. The second kappa shape index (κ2) is 5.49. The van der Waals surface area contributed by atoms with Gasteiger partial charge in [0.1, 0.15) is 5.82 Å². The van der Waals surface area contributed by atoms with Crippen molar-refractivity contribution in [2.24, 2.45) is 0 Å². The summed E-state index contributed by atoms with van der Waals surface area (Å²) in [5.74, 6) is -0.995. The summed E-state index contributed by atoms with van der Waals surface area (Å²) in [5, 5.41) is 0. The summed E-state index contributed by atoms with van der Waals surface area (Å²) in [6.07, 6.45) is 1.62. The highest BCUT2D eigenvalue weighted by molar-refractivity contribution is 5.90. The van der Waals surface area contributed by atoms with Gasteiger partial charge >= 0.3 is 5.97 Å². The summed E-state index contributed by atoms with van der Waals surface area (Å²) < 4.78 is 18.0. The minimum atomic E-state index is -0.529. The van der Waals surface area contributed by atoms with Crippen LogP contribution >= 0.6 is 0 Å². The van der Waals surface area contributed by atoms with Crippen LogP contribution in [0, 0.1) is 5.82 Å². The number of nitrogens with two attached hydrogens (primary N) is 1. The van der Waals surface area contributed by atoms with Gasteiger partial charge in [-0.1, -0.05) is 13.3 Å². The molecule has 0 amide bonds. The standard InChI is InChI=1S/C12H16FNO2/c1-3-4-8(2)16-12(15)9-5-6-10(13)11(14)7-9/h5-8H,3-4,14H2,1-2H3. The first-order chi connectivity index (χ1) is 7.54. The number of ether oxygens (including phenoxy) is 1. The maximum absolute atomic E-state index is 12.9. The molecule has 0 aliphatic heterocycles. The third-order valence-electron chi connectivity index (χ3n) is 2.24. The van der Waals surface area contributed by atoms with E-state index in [1.807, 2.05) is 13.8 Å². The molecule has 0 radical (unpaired) electrons. The zero-order valence-electron chi connectivity index (χ0n) is 9.50. The number of nitrogen functional groups attached to an aromatic ring is 1. The summed E-state index contributed by atoms with van der Waals surface area (Å²) in [7, 11) is 0. The number of halogens is 1. The van der Waals surface area contributed by atoms with Crippen molar-refractivity contribution in [3.63, 3.8) is 0 Å². The lowest BCUT2D eigenvalue weighted by molar-refractivity contribution is 0.0323. The van der Waals surface area contributed by atoms with Crippen LogP contribution in [0.25, 0.3) is 0 Å². The lowest BCUT2D eigenvalue weighted by Gasteiger charge is -2.12. The average molecular weight is 225 g/mol. The number of carbonyl (C=O) groups excluding carboxylic acids is 1. The molecule has 1 unspecified atom stereocenters. The van der Waals surface area contributed by atoms with E-state index in [1.165, 1.54) is 12.1 Å². The Hall–Kier alpha value is -1.58. The fraction of sp³-hybridized carbons (Fsp3) is 0.417. The van der Waals surface area contributed by atoms with Crippen LogP contribution in [0.5, 0.6) is 0 Å². The Morgan fingerprint density at radius 1 is 1.56 bits per heavy atom. The second-order valence-electron chi connectivity index (χ2n) is 3.74. The summed E-state index contributed by atoms with van der Waals surface area (Å²) >= 11 is 0. The van der Waals surface area contributed by atoms with E-state index in [9.17, 15) is 9.18 Å². The molecule has 0 aliphatic rings. The molecule has 4 heteroatoms. The van der Waals surface area contributed by atoms with Crippen LogP contribution in [-0.4, -0.2) is 12.1 Å². The van der Waals surface area contributed by atoms with Crippen molar-refractivity contribution in [1.82, 2.24) is 0 Å². The Bertz CT molecular complexity index is 379. The summed E-state index contributed by atoms with van der Waals surface area (Å²) in [5.41, 5.74) is 5.60.